The number of amides is 2. The molecule has 0 radical (unpaired) electrons. The fourth-order valence-corrected chi connectivity index (χ4v) is 2.17. The van der Waals surface area contributed by atoms with E-state index in [2.05, 4.69) is 15.6 Å². The molecule has 1 aromatic carbocycles. The second-order valence-electron chi connectivity index (χ2n) is 3.98. The highest BCUT2D eigenvalue weighted by Gasteiger charge is 2.20. The molecule has 0 unspecified atom stereocenters. The highest BCUT2D eigenvalue weighted by atomic mass is 32.1. The lowest BCUT2D eigenvalue weighted by Gasteiger charge is -2.05. The third-order valence-electron chi connectivity index (χ3n) is 2.39. The zero-order chi connectivity index (χ0) is 15.4. The number of nitrogens with one attached hydrogen (secondary N) is 2. The van der Waals surface area contributed by atoms with Crippen molar-refractivity contribution >= 4 is 39.7 Å². The summed E-state index contributed by atoms with van der Waals surface area (Å²) >= 11 is 1.18. The van der Waals surface area contributed by atoms with Gasteiger partial charge in [0.05, 0.1) is 10.6 Å². The average Bonchev–Trinajstić information content (AvgIpc) is 2.84. The summed E-state index contributed by atoms with van der Waals surface area (Å²) in [6, 6.07) is 5.56. The number of carbonyl (C=O) groups excluding carboxylic acids is 2. The summed E-state index contributed by atoms with van der Waals surface area (Å²) in [5, 5.41) is 17.3. The number of aryl methyl sites for hydroxylation is 1. The summed E-state index contributed by atoms with van der Waals surface area (Å²) in [6.07, 6.45) is 0. The van der Waals surface area contributed by atoms with E-state index in [0.29, 0.717) is 0 Å². The van der Waals surface area contributed by atoms with Crippen LogP contribution in [0.3, 0.4) is 0 Å². The monoisotopic (exact) mass is 306 g/mol. The van der Waals surface area contributed by atoms with Gasteiger partial charge in [0.1, 0.15) is 5.69 Å². The minimum atomic E-state index is -1.00. The molecule has 0 aliphatic carbocycles. The molecule has 0 fully saturated rings. The normalized spacial score (nSPS) is 9.95. The van der Waals surface area contributed by atoms with Gasteiger partial charge < -0.3 is 5.32 Å². The summed E-state index contributed by atoms with van der Waals surface area (Å²) in [5.74, 6) is -1.94. The second-order valence-corrected chi connectivity index (χ2v) is 4.83. The van der Waals surface area contributed by atoms with E-state index in [1.54, 1.807) is 12.3 Å². The molecule has 2 rings (SSSR count). The van der Waals surface area contributed by atoms with Crippen molar-refractivity contribution < 1.29 is 14.5 Å². The van der Waals surface area contributed by atoms with Crippen molar-refractivity contribution in [1.82, 2.24) is 4.98 Å². The molecule has 0 aliphatic heterocycles. The van der Waals surface area contributed by atoms with Crippen molar-refractivity contribution in [2.24, 2.45) is 0 Å². The first kappa shape index (κ1) is 14.6. The van der Waals surface area contributed by atoms with Gasteiger partial charge in [0.25, 0.3) is 5.69 Å². The van der Waals surface area contributed by atoms with Gasteiger partial charge in [0, 0.05) is 11.4 Å². The third kappa shape index (κ3) is 3.60. The van der Waals surface area contributed by atoms with Crippen LogP contribution in [0.15, 0.2) is 29.6 Å². The Morgan fingerprint density at radius 2 is 1.90 bits per heavy atom. The highest BCUT2D eigenvalue weighted by molar-refractivity contribution is 7.14. The fourth-order valence-electron chi connectivity index (χ4n) is 1.48. The van der Waals surface area contributed by atoms with Gasteiger partial charge in [-0.25, -0.2) is 4.98 Å². The lowest BCUT2D eigenvalue weighted by molar-refractivity contribution is -0.383. The van der Waals surface area contributed by atoms with Gasteiger partial charge in [-0.2, -0.15) is 0 Å². The molecule has 0 bridgehead atoms. The number of nitrogens with zero attached hydrogens (tertiary/aromatic N) is 2. The molecule has 2 amide bonds. The van der Waals surface area contributed by atoms with Gasteiger partial charge in [-0.15, -0.1) is 11.3 Å². The van der Waals surface area contributed by atoms with E-state index < -0.39 is 16.7 Å². The Morgan fingerprint density at radius 1 is 1.24 bits per heavy atom. The molecule has 0 saturated carbocycles. The minimum absolute atomic E-state index is 0.0435. The summed E-state index contributed by atoms with van der Waals surface area (Å²) in [5.41, 5.74) is 0.385. The summed E-state index contributed by atoms with van der Waals surface area (Å²) in [4.78, 5) is 37.6. The first-order valence-electron chi connectivity index (χ1n) is 5.75. The quantitative estimate of drug-likeness (QED) is 0.511. The van der Waals surface area contributed by atoms with E-state index in [-0.39, 0.29) is 16.5 Å². The van der Waals surface area contributed by atoms with E-state index in [9.17, 15) is 19.7 Å². The number of nitro benzene ring substituents is 1. The number of carbonyl (C=O) groups is 2. The maximum Gasteiger partial charge on any atom is 0.315 e. The zero-order valence-corrected chi connectivity index (χ0v) is 11.6. The number of hydrogen-bond acceptors (Lipinski definition) is 6. The Morgan fingerprint density at radius 3 is 2.52 bits per heavy atom. The lowest BCUT2D eigenvalue weighted by Crippen LogP contribution is -2.29. The van der Waals surface area contributed by atoms with Crippen LogP contribution in [0, 0.1) is 17.0 Å². The molecule has 0 saturated heterocycles. The average molecular weight is 306 g/mol. The first-order chi connectivity index (χ1) is 9.97. The van der Waals surface area contributed by atoms with Gasteiger partial charge >= 0.3 is 11.8 Å². The van der Waals surface area contributed by atoms with Crippen LogP contribution in [0.2, 0.25) is 0 Å². The molecule has 2 N–H and O–H groups in total. The van der Waals surface area contributed by atoms with Crippen molar-refractivity contribution in [1.29, 1.82) is 0 Å². The van der Waals surface area contributed by atoms with Crippen LogP contribution in [0.25, 0.3) is 0 Å². The summed E-state index contributed by atoms with van der Waals surface area (Å²) in [7, 11) is 0. The van der Waals surface area contributed by atoms with Crippen LogP contribution >= 0.6 is 11.3 Å². The molecule has 0 atom stereocenters. The van der Waals surface area contributed by atoms with Crippen LogP contribution in [0.4, 0.5) is 16.5 Å². The van der Waals surface area contributed by atoms with Gasteiger partial charge in [-0.3, -0.25) is 25.0 Å². The van der Waals surface area contributed by atoms with Crippen LogP contribution in [-0.2, 0) is 9.59 Å². The van der Waals surface area contributed by atoms with Gasteiger partial charge in [-0.1, -0.05) is 12.1 Å². The number of rotatable bonds is 3. The van der Waals surface area contributed by atoms with Gasteiger partial charge in [0.15, 0.2) is 5.13 Å². The van der Waals surface area contributed by atoms with Crippen LogP contribution in [-0.4, -0.2) is 21.7 Å². The fraction of sp³-hybridized carbons (Fsp3) is 0.0833. The Balaban J connectivity index is 2.07. The standard InChI is InChI=1S/C12H10N4O4S/c1-7-6-21-12(13-7)15-11(18)10(17)14-8-4-2-3-5-9(8)16(19)20/h2-6H,1H3,(H,14,17)(H,13,15,18). The van der Waals surface area contributed by atoms with Gasteiger partial charge in [0.2, 0.25) is 0 Å². The van der Waals surface area contributed by atoms with Crippen molar-refractivity contribution in [2.75, 3.05) is 10.6 Å². The molecule has 0 aliphatic rings. The molecule has 108 valence electrons. The van der Waals surface area contributed by atoms with Gasteiger partial charge in [-0.05, 0) is 13.0 Å². The largest absolute Gasteiger partial charge is 0.315 e. The van der Waals surface area contributed by atoms with Crippen molar-refractivity contribution in [3.05, 3.63) is 45.5 Å². The second kappa shape index (κ2) is 6.09. The van der Waals surface area contributed by atoms with E-state index in [1.807, 2.05) is 0 Å². The predicted molar refractivity (Wildman–Crippen MR) is 77.2 cm³/mol. The number of anilines is 2. The smallest absolute Gasteiger partial charge is 0.312 e. The molecule has 2 aromatic rings. The van der Waals surface area contributed by atoms with E-state index in [4.69, 9.17) is 0 Å². The Hall–Kier alpha value is -2.81. The third-order valence-corrected chi connectivity index (χ3v) is 3.27. The number of nitro groups is 1. The number of hydrogen-bond donors (Lipinski definition) is 2. The molecular weight excluding hydrogens is 296 g/mol. The maximum atomic E-state index is 11.7. The van der Waals surface area contributed by atoms with Crippen LogP contribution < -0.4 is 10.6 Å². The lowest BCUT2D eigenvalue weighted by atomic mass is 10.2. The molecule has 1 aromatic heterocycles. The molecule has 9 heteroatoms. The van der Waals surface area contributed by atoms with E-state index in [0.717, 1.165) is 5.69 Å². The molecule has 0 spiro atoms. The zero-order valence-electron chi connectivity index (χ0n) is 10.8. The number of aromatic nitrogens is 1. The maximum absolute atomic E-state index is 11.7. The van der Waals surface area contributed by atoms with Crippen molar-refractivity contribution in [3.8, 4) is 0 Å². The van der Waals surface area contributed by atoms with E-state index >= 15 is 0 Å². The Labute approximate surface area is 123 Å². The number of thiazole rings is 1. The summed E-state index contributed by atoms with van der Waals surface area (Å²) in [6.45, 7) is 1.75. The summed E-state index contributed by atoms with van der Waals surface area (Å²) < 4.78 is 0. The predicted octanol–water partition coefficient (Wildman–Crippen LogP) is 1.94. The van der Waals surface area contributed by atoms with Crippen molar-refractivity contribution in [2.45, 2.75) is 6.92 Å². The van der Waals surface area contributed by atoms with Crippen LogP contribution in [0.5, 0.6) is 0 Å². The molecule has 1 heterocycles. The molecule has 21 heavy (non-hydrogen) atoms. The molecular formula is C12H10N4O4S. The highest BCUT2D eigenvalue weighted by Crippen LogP contribution is 2.23. The SMILES string of the molecule is Cc1csc(NC(=O)C(=O)Nc2ccccc2[N+](=O)[O-])n1. The first-order valence-corrected chi connectivity index (χ1v) is 6.63. The number of benzene rings is 1. The topological polar surface area (TPSA) is 114 Å². The Kier molecular flexibility index (Phi) is 4.24. The molecule has 8 nitrogen and oxygen atoms in total. The Bertz CT molecular complexity index is 713. The van der Waals surface area contributed by atoms with Crippen LogP contribution in [0.1, 0.15) is 5.69 Å². The van der Waals surface area contributed by atoms with Crippen molar-refractivity contribution in [3.63, 3.8) is 0 Å². The minimum Gasteiger partial charge on any atom is -0.312 e. The van der Waals surface area contributed by atoms with E-state index in [1.165, 1.54) is 35.6 Å². The number of para-hydroxylation sites is 2.